The van der Waals surface area contributed by atoms with Gasteiger partial charge in [-0.25, -0.2) is 0 Å². The lowest BCUT2D eigenvalue weighted by Gasteiger charge is -2.16. The Morgan fingerprint density at radius 1 is 1.55 bits per heavy atom. The van der Waals surface area contributed by atoms with Gasteiger partial charge in [0.05, 0.1) is 0 Å². The van der Waals surface area contributed by atoms with Crippen LogP contribution >= 0.6 is 0 Å². The van der Waals surface area contributed by atoms with Crippen LogP contribution in [0.1, 0.15) is 12.8 Å². The van der Waals surface area contributed by atoms with Crippen molar-refractivity contribution in [1.82, 2.24) is 10.2 Å². The van der Waals surface area contributed by atoms with Gasteiger partial charge in [-0.3, -0.25) is 0 Å². The quantitative estimate of drug-likeness (QED) is 0.606. The van der Waals surface area contributed by atoms with Crippen LogP contribution in [0, 0.1) is 0 Å². The minimum Gasteiger partial charge on any atom is -0.313 e. The monoisotopic (exact) mass is 154 g/mol. The Morgan fingerprint density at radius 2 is 2.36 bits per heavy atom. The molecule has 2 nitrogen and oxygen atoms in total. The molecule has 0 radical (unpaired) electrons. The Bertz CT molecular complexity index is 138. The third kappa shape index (κ3) is 3.54. The highest BCUT2D eigenvalue weighted by atomic mass is 15.0. The summed E-state index contributed by atoms with van der Waals surface area (Å²) in [4.78, 5) is 2.23. The van der Waals surface area contributed by atoms with E-state index in [-0.39, 0.29) is 0 Å². The Hall–Kier alpha value is -0.340. The van der Waals surface area contributed by atoms with Crippen LogP contribution in [0.15, 0.2) is 11.6 Å². The minimum absolute atomic E-state index is 1.10. The Balaban J connectivity index is 2.19. The fourth-order valence-corrected chi connectivity index (χ4v) is 1.26. The largest absolute Gasteiger partial charge is 0.313 e. The molecule has 0 bridgehead atoms. The van der Waals surface area contributed by atoms with Gasteiger partial charge < -0.3 is 10.2 Å². The zero-order chi connectivity index (χ0) is 8.10. The second-order valence-corrected chi connectivity index (χ2v) is 3.38. The van der Waals surface area contributed by atoms with Crippen molar-refractivity contribution in [2.75, 3.05) is 33.7 Å². The van der Waals surface area contributed by atoms with Crippen LogP contribution in [-0.2, 0) is 0 Å². The number of nitrogens with one attached hydrogen (secondary N) is 1. The molecule has 0 aromatic carbocycles. The standard InChI is InChI=1S/C9H18N2/c1-11(2)7-5-9-4-3-6-10-8-9/h4,10H,3,5-8H2,1-2H3. The molecule has 64 valence electrons. The van der Waals surface area contributed by atoms with Crippen molar-refractivity contribution in [3.05, 3.63) is 11.6 Å². The first-order chi connectivity index (χ1) is 5.29. The molecular weight excluding hydrogens is 136 g/mol. The highest BCUT2D eigenvalue weighted by molar-refractivity contribution is 5.07. The highest BCUT2D eigenvalue weighted by Crippen LogP contribution is 2.05. The summed E-state index contributed by atoms with van der Waals surface area (Å²) < 4.78 is 0. The molecule has 1 heterocycles. The normalized spacial score (nSPS) is 18.6. The Morgan fingerprint density at radius 3 is 2.91 bits per heavy atom. The third-order valence-electron chi connectivity index (χ3n) is 1.99. The van der Waals surface area contributed by atoms with Crippen molar-refractivity contribution in [2.24, 2.45) is 0 Å². The van der Waals surface area contributed by atoms with Crippen LogP contribution in [0.4, 0.5) is 0 Å². The van der Waals surface area contributed by atoms with Crippen molar-refractivity contribution < 1.29 is 0 Å². The van der Waals surface area contributed by atoms with Crippen LogP contribution < -0.4 is 5.32 Å². The predicted molar refractivity (Wildman–Crippen MR) is 48.7 cm³/mol. The number of hydrogen-bond donors (Lipinski definition) is 1. The first-order valence-corrected chi connectivity index (χ1v) is 4.32. The molecule has 0 aromatic rings. The summed E-state index contributed by atoms with van der Waals surface area (Å²) in [5.41, 5.74) is 1.57. The predicted octanol–water partition coefficient (Wildman–Crippen LogP) is 0.858. The maximum atomic E-state index is 3.37. The third-order valence-corrected chi connectivity index (χ3v) is 1.99. The molecular formula is C9H18N2. The van der Waals surface area contributed by atoms with Crippen molar-refractivity contribution >= 4 is 0 Å². The molecule has 1 aliphatic heterocycles. The van der Waals surface area contributed by atoms with Crippen molar-refractivity contribution in [3.8, 4) is 0 Å². The molecule has 2 heteroatoms. The summed E-state index contributed by atoms with van der Waals surface area (Å²) >= 11 is 0. The van der Waals surface area contributed by atoms with Gasteiger partial charge in [0, 0.05) is 13.1 Å². The molecule has 0 aromatic heterocycles. The molecule has 0 fully saturated rings. The van der Waals surface area contributed by atoms with Crippen molar-refractivity contribution in [1.29, 1.82) is 0 Å². The first kappa shape index (κ1) is 8.75. The van der Waals surface area contributed by atoms with Gasteiger partial charge >= 0.3 is 0 Å². The average Bonchev–Trinajstić information content (AvgIpc) is 2.03. The van der Waals surface area contributed by atoms with E-state index in [4.69, 9.17) is 0 Å². The van der Waals surface area contributed by atoms with E-state index in [2.05, 4.69) is 30.4 Å². The molecule has 11 heavy (non-hydrogen) atoms. The SMILES string of the molecule is CN(C)CCC1=CCCNC1. The number of hydrogen-bond acceptors (Lipinski definition) is 2. The topological polar surface area (TPSA) is 15.3 Å². The molecule has 1 aliphatic rings. The van der Waals surface area contributed by atoms with Gasteiger partial charge in [-0.1, -0.05) is 11.6 Å². The van der Waals surface area contributed by atoms with Gasteiger partial charge in [0.15, 0.2) is 0 Å². The van der Waals surface area contributed by atoms with Crippen LogP contribution in [0.2, 0.25) is 0 Å². The van der Waals surface area contributed by atoms with Gasteiger partial charge in [-0.05, 0) is 33.5 Å². The molecule has 0 aliphatic carbocycles. The summed E-state index contributed by atoms with van der Waals surface area (Å²) in [7, 11) is 4.24. The lowest BCUT2D eigenvalue weighted by Crippen LogP contribution is -2.24. The Labute approximate surface area is 69.3 Å². The maximum absolute atomic E-state index is 3.37. The van der Waals surface area contributed by atoms with Crippen LogP contribution in [0.3, 0.4) is 0 Å². The average molecular weight is 154 g/mol. The maximum Gasteiger partial charge on any atom is 0.0165 e. The van der Waals surface area contributed by atoms with Crippen LogP contribution in [0.25, 0.3) is 0 Å². The van der Waals surface area contributed by atoms with Gasteiger partial charge in [-0.2, -0.15) is 0 Å². The van der Waals surface area contributed by atoms with E-state index in [1.165, 1.54) is 19.4 Å². The van der Waals surface area contributed by atoms with E-state index in [1.54, 1.807) is 5.57 Å². The second-order valence-electron chi connectivity index (χ2n) is 3.38. The summed E-state index contributed by atoms with van der Waals surface area (Å²) in [5.74, 6) is 0. The van der Waals surface area contributed by atoms with Gasteiger partial charge in [0.2, 0.25) is 0 Å². The van der Waals surface area contributed by atoms with Crippen molar-refractivity contribution in [2.45, 2.75) is 12.8 Å². The van der Waals surface area contributed by atoms with Gasteiger partial charge in [-0.15, -0.1) is 0 Å². The zero-order valence-corrected chi connectivity index (χ0v) is 7.56. The zero-order valence-electron chi connectivity index (χ0n) is 7.56. The summed E-state index contributed by atoms with van der Waals surface area (Å²) in [5, 5.41) is 3.37. The number of rotatable bonds is 3. The molecule has 0 saturated heterocycles. The fourth-order valence-electron chi connectivity index (χ4n) is 1.26. The summed E-state index contributed by atoms with van der Waals surface area (Å²) in [6, 6.07) is 0. The molecule has 0 atom stereocenters. The first-order valence-electron chi connectivity index (χ1n) is 4.32. The molecule has 0 amide bonds. The van der Waals surface area contributed by atoms with Gasteiger partial charge in [0.1, 0.15) is 0 Å². The van der Waals surface area contributed by atoms with E-state index in [9.17, 15) is 0 Å². The van der Waals surface area contributed by atoms with Crippen molar-refractivity contribution in [3.63, 3.8) is 0 Å². The van der Waals surface area contributed by atoms with E-state index in [0.717, 1.165) is 13.1 Å². The lowest BCUT2D eigenvalue weighted by molar-refractivity contribution is 0.409. The van der Waals surface area contributed by atoms with E-state index in [1.807, 2.05) is 0 Å². The molecule has 1 N–H and O–H groups in total. The van der Waals surface area contributed by atoms with E-state index < -0.39 is 0 Å². The summed E-state index contributed by atoms with van der Waals surface area (Å²) in [6.07, 6.45) is 4.81. The fraction of sp³-hybridized carbons (Fsp3) is 0.778. The highest BCUT2D eigenvalue weighted by Gasteiger charge is 2.01. The molecule has 1 rings (SSSR count). The second kappa shape index (κ2) is 4.52. The van der Waals surface area contributed by atoms with Crippen LogP contribution in [-0.4, -0.2) is 38.6 Å². The molecule has 0 spiro atoms. The lowest BCUT2D eigenvalue weighted by atomic mass is 10.1. The number of nitrogens with zero attached hydrogens (tertiary/aromatic N) is 1. The Kier molecular flexibility index (Phi) is 3.60. The smallest absolute Gasteiger partial charge is 0.0165 e. The van der Waals surface area contributed by atoms with E-state index in [0.29, 0.717) is 0 Å². The minimum atomic E-state index is 1.10. The molecule has 0 unspecified atom stereocenters. The summed E-state index contributed by atoms with van der Waals surface area (Å²) in [6.45, 7) is 3.44. The van der Waals surface area contributed by atoms with Gasteiger partial charge in [0.25, 0.3) is 0 Å². The van der Waals surface area contributed by atoms with Crippen LogP contribution in [0.5, 0.6) is 0 Å². The van der Waals surface area contributed by atoms with E-state index >= 15 is 0 Å². The molecule has 0 saturated carbocycles.